The molecule has 1 heterocycles. The molecule has 1 N–H and O–H groups in total. The van der Waals surface area contributed by atoms with Gasteiger partial charge in [-0.3, -0.25) is 9.59 Å². The first kappa shape index (κ1) is 18.7. The van der Waals surface area contributed by atoms with Gasteiger partial charge in [0, 0.05) is 18.1 Å². The predicted octanol–water partition coefficient (Wildman–Crippen LogP) is 3.10. The number of nitrogens with zero attached hydrogens (tertiary/aromatic N) is 1. The van der Waals surface area contributed by atoms with Crippen molar-refractivity contribution in [2.45, 2.75) is 44.6 Å². The molecule has 0 bridgehead atoms. The molecule has 1 aliphatic rings. The lowest BCUT2D eigenvalue weighted by atomic mass is 9.74. The Morgan fingerprint density at radius 3 is 2.46 bits per heavy atom. The summed E-state index contributed by atoms with van der Waals surface area (Å²) in [6.45, 7) is 5.19. The zero-order valence-electron chi connectivity index (χ0n) is 14.1. The standard InChI is InChI=1S/C18H24ClNO4/c1-3-18(4-2,13-5-7-14(19)8-6-13)17(23)20-9-10-24-15(12-20)11-16(21)22/h5-8,15H,3-4,9-12H2,1-2H3,(H,21,22). The summed E-state index contributed by atoms with van der Waals surface area (Å²) in [7, 11) is 0. The van der Waals surface area contributed by atoms with E-state index in [2.05, 4.69) is 0 Å². The fourth-order valence-corrected chi connectivity index (χ4v) is 3.50. The van der Waals surface area contributed by atoms with Crippen LogP contribution in [0.1, 0.15) is 38.7 Å². The zero-order chi connectivity index (χ0) is 17.7. The molecule has 1 aliphatic heterocycles. The number of benzene rings is 1. The number of carbonyl (C=O) groups is 2. The monoisotopic (exact) mass is 353 g/mol. The van der Waals surface area contributed by atoms with E-state index in [9.17, 15) is 9.59 Å². The van der Waals surface area contributed by atoms with Gasteiger partial charge in [-0.1, -0.05) is 37.6 Å². The first-order valence-corrected chi connectivity index (χ1v) is 8.69. The second-order valence-electron chi connectivity index (χ2n) is 6.14. The van der Waals surface area contributed by atoms with Crippen LogP contribution in [0.3, 0.4) is 0 Å². The number of hydrogen-bond donors (Lipinski definition) is 1. The van der Waals surface area contributed by atoms with Crippen LogP contribution in [0.4, 0.5) is 0 Å². The van der Waals surface area contributed by atoms with Crippen LogP contribution in [-0.2, 0) is 19.7 Å². The maximum absolute atomic E-state index is 13.3. The van der Waals surface area contributed by atoms with Gasteiger partial charge in [-0.15, -0.1) is 0 Å². The smallest absolute Gasteiger partial charge is 0.306 e. The predicted molar refractivity (Wildman–Crippen MR) is 92.3 cm³/mol. The van der Waals surface area contributed by atoms with Crippen LogP contribution in [0.25, 0.3) is 0 Å². The van der Waals surface area contributed by atoms with Crippen molar-refractivity contribution in [3.8, 4) is 0 Å². The lowest BCUT2D eigenvalue weighted by Crippen LogP contribution is -2.53. The molecule has 1 aromatic carbocycles. The Balaban J connectivity index is 2.25. The van der Waals surface area contributed by atoms with E-state index in [1.807, 2.05) is 26.0 Å². The maximum Gasteiger partial charge on any atom is 0.306 e. The van der Waals surface area contributed by atoms with E-state index in [-0.39, 0.29) is 12.3 Å². The second kappa shape index (κ2) is 7.99. The first-order chi connectivity index (χ1) is 11.4. The fraction of sp³-hybridized carbons (Fsp3) is 0.556. The van der Waals surface area contributed by atoms with Gasteiger partial charge < -0.3 is 14.7 Å². The number of amides is 1. The Hall–Kier alpha value is -1.59. The highest BCUT2D eigenvalue weighted by molar-refractivity contribution is 6.30. The lowest BCUT2D eigenvalue weighted by Gasteiger charge is -2.40. The summed E-state index contributed by atoms with van der Waals surface area (Å²) < 4.78 is 5.48. The van der Waals surface area contributed by atoms with Crippen molar-refractivity contribution in [2.75, 3.05) is 19.7 Å². The molecular weight excluding hydrogens is 330 g/mol. The Bertz CT molecular complexity index is 583. The van der Waals surface area contributed by atoms with Crippen molar-refractivity contribution in [3.63, 3.8) is 0 Å². The Morgan fingerprint density at radius 1 is 1.29 bits per heavy atom. The summed E-state index contributed by atoms with van der Waals surface area (Å²) in [4.78, 5) is 25.9. The fourth-order valence-electron chi connectivity index (χ4n) is 3.38. The summed E-state index contributed by atoms with van der Waals surface area (Å²) in [6, 6.07) is 7.42. The van der Waals surface area contributed by atoms with E-state index in [4.69, 9.17) is 21.4 Å². The number of carboxylic acids is 1. The number of carboxylic acid groups (broad SMARTS) is 1. The van der Waals surface area contributed by atoms with Gasteiger partial charge in [0.15, 0.2) is 0 Å². The van der Waals surface area contributed by atoms with Crippen LogP contribution in [0, 0.1) is 0 Å². The van der Waals surface area contributed by atoms with Gasteiger partial charge in [-0.25, -0.2) is 0 Å². The van der Waals surface area contributed by atoms with Crippen LogP contribution in [0.2, 0.25) is 5.02 Å². The molecular formula is C18H24ClNO4. The van der Waals surface area contributed by atoms with Gasteiger partial charge >= 0.3 is 5.97 Å². The third-order valence-corrected chi connectivity index (χ3v) is 5.09. The lowest BCUT2D eigenvalue weighted by molar-refractivity contribution is -0.151. The summed E-state index contributed by atoms with van der Waals surface area (Å²) in [6.07, 6.45) is 0.808. The normalized spacial score (nSPS) is 18.5. The van der Waals surface area contributed by atoms with E-state index in [1.165, 1.54) is 0 Å². The van der Waals surface area contributed by atoms with Crippen molar-refractivity contribution in [2.24, 2.45) is 0 Å². The highest BCUT2D eigenvalue weighted by Gasteiger charge is 2.41. The van der Waals surface area contributed by atoms with E-state index >= 15 is 0 Å². The molecule has 0 aromatic heterocycles. The molecule has 1 saturated heterocycles. The zero-order valence-corrected chi connectivity index (χ0v) is 14.9. The Morgan fingerprint density at radius 2 is 1.92 bits per heavy atom. The minimum atomic E-state index is -0.913. The number of carbonyl (C=O) groups excluding carboxylic acids is 1. The molecule has 1 aromatic rings. The number of aliphatic carboxylic acids is 1. The third kappa shape index (κ3) is 3.90. The molecule has 1 amide bonds. The van der Waals surface area contributed by atoms with Crippen LogP contribution >= 0.6 is 11.6 Å². The average molecular weight is 354 g/mol. The topological polar surface area (TPSA) is 66.8 Å². The largest absolute Gasteiger partial charge is 0.481 e. The average Bonchev–Trinajstić information content (AvgIpc) is 2.57. The molecule has 2 rings (SSSR count). The Labute approximate surface area is 147 Å². The first-order valence-electron chi connectivity index (χ1n) is 8.31. The Kier molecular flexibility index (Phi) is 6.24. The van der Waals surface area contributed by atoms with E-state index < -0.39 is 17.5 Å². The van der Waals surface area contributed by atoms with Gasteiger partial charge in [-0.2, -0.15) is 0 Å². The number of morpholine rings is 1. The van der Waals surface area contributed by atoms with Crippen LogP contribution in [-0.4, -0.2) is 47.7 Å². The molecule has 0 radical (unpaired) electrons. The highest BCUT2D eigenvalue weighted by Crippen LogP contribution is 2.35. The molecule has 1 atom stereocenters. The van der Waals surface area contributed by atoms with E-state index in [1.54, 1.807) is 17.0 Å². The van der Waals surface area contributed by atoms with Crippen molar-refractivity contribution in [1.82, 2.24) is 4.90 Å². The number of ether oxygens (including phenoxy) is 1. The summed E-state index contributed by atoms with van der Waals surface area (Å²) in [5.74, 6) is -0.877. The molecule has 0 spiro atoms. The second-order valence-corrected chi connectivity index (χ2v) is 6.57. The third-order valence-electron chi connectivity index (χ3n) is 4.84. The highest BCUT2D eigenvalue weighted by atomic mass is 35.5. The minimum absolute atomic E-state index is 0.0357. The molecule has 5 nitrogen and oxygen atoms in total. The number of halogens is 1. The summed E-state index contributed by atoms with van der Waals surface area (Å²) >= 11 is 5.98. The van der Waals surface area contributed by atoms with Gasteiger partial charge in [0.2, 0.25) is 5.91 Å². The van der Waals surface area contributed by atoms with Crippen LogP contribution in [0.5, 0.6) is 0 Å². The van der Waals surface area contributed by atoms with E-state index in [0.717, 1.165) is 5.56 Å². The molecule has 1 fully saturated rings. The molecule has 0 aliphatic carbocycles. The van der Waals surface area contributed by atoms with Crippen molar-refractivity contribution >= 4 is 23.5 Å². The molecule has 1 unspecified atom stereocenters. The maximum atomic E-state index is 13.3. The van der Waals surface area contributed by atoms with Gasteiger partial charge in [-0.05, 0) is 30.5 Å². The van der Waals surface area contributed by atoms with Crippen molar-refractivity contribution in [1.29, 1.82) is 0 Å². The summed E-state index contributed by atoms with van der Waals surface area (Å²) in [5.41, 5.74) is 0.332. The van der Waals surface area contributed by atoms with Gasteiger partial charge in [0.1, 0.15) is 0 Å². The minimum Gasteiger partial charge on any atom is -0.481 e. The van der Waals surface area contributed by atoms with Crippen molar-refractivity contribution < 1.29 is 19.4 Å². The SMILES string of the molecule is CCC(CC)(C(=O)N1CCOC(CC(=O)O)C1)c1ccc(Cl)cc1. The molecule has 132 valence electrons. The molecule has 0 saturated carbocycles. The van der Waals surface area contributed by atoms with Gasteiger partial charge in [0.25, 0.3) is 0 Å². The number of rotatable bonds is 6. The van der Waals surface area contributed by atoms with Crippen LogP contribution in [0.15, 0.2) is 24.3 Å². The van der Waals surface area contributed by atoms with Gasteiger partial charge in [0.05, 0.1) is 24.5 Å². The van der Waals surface area contributed by atoms with E-state index in [0.29, 0.717) is 37.6 Å². The van der Waals surface area contributed by atoms with Crippen LogP contribution < -0.4 is 0 Å². The summed E-state index contributed by atoms with van der Waals surface area (Å²) in [5, 5.41) is 9.59. The molecule has 6 heteroatoms. The quantitative estimate of drug-likeness (QED) is 0.853. The number of hydrogen-bond acceptors (Lipinski definition) is 3. The molecule has 24 heavy (non-hydrogen) atoms. The van der Waals surface area contributed by atoms with Crippen molar-refractivity contribution in [3.05, 3.63) is 34.9 Å².